The number of nitrogens with zero attached hydrogens (tertiary/aromatic N) is 4. The van der Waals surface area contributed by atoms with E-state index in [0.29, 0.717) is 6.20 Å². The number of benzene rings is 1. The molecule has 0 spiro atoms. The second-order valence-corrected chi connectivity index (χ2v) is 7.95. The molecule has 0 atom stereocenters. The van der Waals surface area contributed by atoms with Crippen molar-refractivity contribution in [2.24, 2.45) is 7.05 Å². The van der Waals surface area contributed by atoms with Crippen LogP contribution in [-0.4, -0.2) is 28.2 Å². The van der Waals surface area contributed by atoms with E-state index in [1.807, 2.05) is 0 Å². The standard InChI is InChI=1S/C15H11ClF3N5O2S/c1-24-8-9(6-21-24)13-10(15(17,18)19)7-20-14(23-13)22-11-4-2-3-5-12(11)27(16,25)26/h2-8H,1H3,(H,20,22,23). The SMILES string of the molecule is Cn1cc(-c2nc(Nc3ccccc3S(=O)(=O)Cl)ncc2C(F)(F)F)cn1. The minimum Gasteiger partial charge on any atom is -0.323 e. The van der Waals surface area contributed by atoms with Gasteiger partial charge in [-0.2, -0.15) is 18.3 Å². The maximum atomic E-state index is 13.3. The highest BCUT2D eigenvalue weighted by Gasteiger charge is 2.35. The predicted octanol–water partition coefficient (Wildman–Crippen LogP) is 3.57. The molecule has 1 N–H and O–H groups in total. The Morgan fingerprint density at radius 1 is 1.19 bits per heavy atom. The Kier molecular flexibility index (Phi) is 4.82. The summed E-state index contributed by atoms with van der Waals surface area (Å²) in [5, 5.41) is 6.44. The monoisotopic (exact) mass is 417 g/mol. The van der Waals surface area contributed by atoms with Gasteiger partial charge in [0.25, 0.3) is 9.05 Å². The summed E-state index contributed by atoms with van der Waals surface area (Å²) in [5.74, 6) is -0.227. The second-order valence-electron chi connectivity index (χ2n) is 5.42. The summed E-state index contributed by atoms with van der Waals surface area (Å²) in [5.41, 5.74) is -1.27. The van der Waals surface area contributed by atoms with Crippen LogP contribution < -0.4 is 5.32 Å². The van der Waals surface area contributed by atoms with Gasteiger partial charge in [-0.1, -0.05) is 12.1 Å². The van der Waals surface area contributed by atoms with Crippen molar-refractivity contribution in [3.05, 3.63) is 48.4 Å². The molecule has 0 aliphatic carbocycles. The van der Waals surface area contributed by atoms with Gasteiger partial charge in [-0.25, -0.2) is 18.4 Å². The molecule has 0 fully saturated rings. The summed E-state index contributed by atoms with van der Waals surface area (Å²) < 4.78 is 64.5. The first kappa shape index (κ1) is 19.1. The summed E-state index contributed by atoms with van der Waals surface area (Å²) in [7, 11) is 2.85. The average molecular weight is 418 g/mol. The minimum absolute atomic E-state index is 0.0318. The maximum Gasteiger partial charge on any atom is 0.419 e. The number of nitrogens with one attached hydrogen (secondary N) is 1. The van der Waals surface area contributed by atoms with Crippen molar-refractivity contribution in [2.75, 3.05) is 5.32 Å². The number of aromatic nitrogens is 4. The van der Waals surface area contributed by atoms with E-state index >= 15 is 0 Å². The predicted molar refractivity (Wildman–Crippen MR) is 92.0 cm³/mol. The highest BCUT2D eigenvalue weighted by Crippen LogP contribution is 2.36. The van der Waals surface area contributed by atoms with Gasteiger partial charge in [0.05, 0.1) is 17.6 Å². The molecule has 0 saturated carbocycles. The molecule has 0 bridgehead atoms. The number of halogens is 4. The summed E-state index contributed by atoms with van der Waals surface area (Å²) in [6, 6.07) is 5.62. The van der Waals surface area contributed by atoms with Gasteiger partial charge in [0.1, 0.15) is 10.5 Å². The summed E-state index contributed by atoms with van der Waals surface area (Å²) >= 11 is 0. The molecular weight excluding hydrogens is 407 g/mol. The zero-order chi connectivity index (χ0) is 19.8. The van der Waals surface area contributed by atoms with Crippen LogP contribution in [0, 0.1) is 0 Å². The molecule has 0 radical (unpaired) electrons. The van der Waals surface area contributed by atoms with Crippen molar-refractivity contribution < 1.29 is 21.6 Å². The lowest BCUT2D eigenvalue weighted by molar-refractivity contribution is -0.137. The summed E-state index contributed by atoms with van der Waals surface area (Å²) in [4.78, 5) is 7.31. The van der Waals surface area contributed by atoms with E-state index in [-0.39, 0.29) is 27.8 Å². The number of hydrogen-bond acceptors (Lipinski definition) is 6. The van der Waals surface area contributed by atoms with Gasteiger partial charge in [-0.3, -0.25) is 4.68 Å². The third-order valence-electron chi connectivity index (χ3n) is 3.47. The molecule has 27 heavy (non-hydrogen) atoms. The van der Waals surface area contributed by atoms with E-state index in [4.69, 9.17) is 10.7 Å². The quantitative estimate of drug-likeness (QED) is 0.653. The molecular formula is C15H11ClF3N5O2S. The van der Waals surface area contributed by atoms with Crippen molar-refractivity contribution >= 4 is 31.4 Å². The second kappa shape index (κ2) is 6.82. The Hall–Kier alpha value is -2.66. The van der Waals surface area contributed by atoms with Gasteiger partial charge in [-0.05, 0) is 12.1 Å². The largest absolute Gasteiger partial charge is 0.419 e. The molecule has 3 aromatic rings. The summed E-state index contributed by atoms with van der Waals surface area (Å²) in [6.45, 7) is 0. The topological polar surface area (TPSA) is 89.8 Å². The van der Waals surface area contributed by atoms with Crippen molar-refractivity contribution in [1.29, 1.82) is 0 Å². The van der Waals surface area contributed by atoms with Crippen molar-refractivity contribution in [3.63, 3.8) is 0 Å². The average Bonchev–Trinajstić information content (AvgIpc) is 3.00. The van der Waals surface area contributed by atoms with Crippen LogP contribution in [0.1, 0.15) is 5.56 Å². The van der Waals surface area contributed by atoms with E-state index < -0.39 is 20.8 Å². The zero-order valence-corrected chi connectivity index (χ0v) is 15.1. The number of alkyl halides is 3. The van der Waals surface area contributed by atoms with Crippen LogP contribution >= 0.6 is 10.7 Å². The van der Waals surface area contributed by atoms with Crippen LogP contribution in [0.25, 0.3) is 11.3 Å². The fourth-order valence-corrected chi connectivity index (χ4v) is 3.34. The molecule has 3 rings (SSSR count). The van der Waals surface area contributed by atoms with Crippen LogP contribution in [0.3, 0.4) is 0 Å². The lowest BCUT2D eigenvalue weighted by Crippen LogP contribution is -2.11. The molecule has 0 unspecified atom stereocenters. The molecule has 0 aliphatic heterocycles. The highest BCUT2D eigenvalue weighted by atomic mass is 35.7. The third kappa shape index (κ3) is 4.19. The zero-order valence-electron chi connectivity index (χ0n) is 13.6. The normalized spacial score (nSPS) is 12.2. The van der Waals surface area contributed by atoms with Crippen LogP contribution in [-0.2, 0) is 22.3 Å². The van der Waals surface area contributed by atoms with E-state index in [1.165, 1.54) is 41.3 Å². The lowest BCUT2D eigenvalue weighted by Gasteiger charge is -2.13. The molecule has 7 nitrogen and oxygen atoms in total. The van der Waals surface area contributed by atoms with Gasteiger partial charge in [0.2, 0.25) is 5.95 Å². The lowest BCUT2D eigenvalue weighted by atomic mass is 10.1. The molecule has 2 aromatic heterocycles. The Balaban J connectivity index is 2.09. The highest BCUT2D eigenvalue weighted by molar-refractivity contribution is 8.13. The Labute approximate surface area is 156 Å². The van der Waals surface area contributed by atoms with Gasteiger partial charge in [0, 0.05) is 35.7 Å². The van der Waals surface area contributed by atoms with Gasteiger partial charge < -0.3 is 5.32 Å². The van der Waals surface area contributed by atoms with Crippen molar-refractivity contribution in [1.82, 2.24) is 19.7 Å². The summed E-state index contributed by atoms with van der Waals surface area (Å²) in [6.07, 6.45) is -1.45. The molecule has 0 saturated heterocycles. The van der Waals surface area contributed by atoms with Crippen LogP contribution in [0.15, 0.2) is 47.8 Å². The molecule has 2 heterocycles. The smallest absolute Gasteiger partial charge is 0.323 e. The first-order chi connectivity index (χ1) is 12.6. The Morgan fingerprint density at radius 2 is 1.89 bits per heavy atom. The van der Waals surface area contributed by atoms with Gasteiger partial charge >= 0.3 is 6.18 Å². The molecule has 1 aromatic carbocycles. The van der Waals surface area contributed by atoms with E-state index in [0.717, 1.165) is 0 Å². The molecule has 12 heteroatoms. The minimum atomic E-state index is -4.68. The van der Waals surface area contributed by atoms with Crippen LogP contribution in [0.5, 0.6) is 0 Å². The number of para-hydroxylation sites is 1. The van der Waals surface area contributed by atoms with Crippen LogP contribution in [0.4, 0.5) is 24.8 Å². The number of aryl methyl sites for hydroxylation is 1. The van der Waals surface area contributed by atoms with Crippen LogP contribution in [0.2, 0.25) is 0 Å². The van der Waals surface area contributed by atoms with Gasteiger partial charge in [-0.15, -0.1) is 0 Å². The Morgan fingerprint density at radius 3 is 2.48 bits per heavy atom. The fourth-order valence-electron chi connectivity index (χ4n) is 2.32. The number of hydrogen-bond donors (Lipinski definition) is 1. The first-order valence-electron chi connectivity index (χ1n) is 7.29. The number of anilines is 2. The molecule has 142 valence electrons. The molecule has 0 aliphatic rings. The number of rotatable bonds is 4. The van der Waals surface area contributed by atoms with Crippen molar-refractivity contribution in [3.8, 4) is 11.3 Å². The maximum absolute atomic E-state index is 13.3. The van der Waals surface area contributed by atoms with E-state index in [9.17, 15) is 21.6 Å². The van der Waals surface area contributed by atoms with Crippen molar-refractivity contribution in [2.45, 2.75) is 11.1 Å². The van der Waals surface area contributed by atoms with E-state index in [1.54, 1.807) is 7.05 Å². The third-order valence-corrected chi connectivity index (χ3v) is 4.85. The first-order valence-corrected chi connectivity index (χ1v) is 9.60. The van der Waals surface area contributed by atoms with E-state index in [2.05, 4.69) is 20.4 Å². The molecule has 0 amide bonds. The van der Waals surface area contributed by atoms with Gasteiger partial charge in [0.15, 0.2) is 0 Å². The Bertz CT molecular complexity index is 1100. The fraction of sp³-hybridized carbons (Fsp3) is 0.133.